The molecule has 2 heterocycles. The zero-order valence-electron chi connectivity index (χ0n) is 12.5. The fraction of sp³-hybridized carbons (Fsp3) is 0.786. The van der Waals surface area contributed by atoms with Gasteiger partial charge in [0.05, 0.1) is 0 Å². The van der Waals surface area contributed by atoms with Gasteiger partial charge in [0.1, 0.15) is 12.1 Å². The Hall–Kier alpha value is -1.79. The number of urea groups is 1. The van der Waals surface area contributed by atoms with Crippen molar-refractivity contribution in [3.8, 4) is 0 Å². The first kappa shape index (κ1) is 15.6. The third kappa shape index (κ3) is 2.96. The number of piperidine rings is 1. The summed E-state index contributed by atoms with van der Waals surface area (Å²) in [6.45, 7) is 2.81. The average Bonchev–Trinajstić information content (AvgIpc) is 2.94. The van der Waals surface area contributed by atoms with Gasteiger partial charge < -0.3 is 20.2 Å². The number of carbonyl (C=O) groups excluding carboxylic acids is 2. The number of likely N-dealkylation sites (N-methyl/N-ethyl adjacent to an activating group) is 1. The number of nitrogens with one attached hydrogen (secondary N) is 1. The van der Waals surface area contributed by atoms with Crippen LogP contribution < -0.4 is 5.32 Å². The average molecular weight is 297 g/mol. The van der Waals surface area contributed by atoms with Gasteiger partial charge in [0.25, 0.3) is 0 Å². The summed E-state index contributed by atoms with van der Waals surface area (Å²) in [5.41, 5.74) is 0. The summed E-state index contributed by atoms with van der Waals surface area (Å²) in [5, 5.41) is 12.0. The van der Waals surface area contributed by atoms with Crippen LogP contribution in [0.3, 0.4) is 0 Å². The molecular weight excluding hydrogens is 274 g/mol. The van der Waals surface area contributed by atoms with Crippen LogP contribution in [0.25, 0.3) is 0 Å². The van der Waals surface area contributed by atoms with Crippen LogP contribution in [0.2, 0.25) is 0 Å². The standard InChI is InChI=1S/C14H23N3O4/c1-9-5-3-8-17(11(9)13(19)20)14(21)16-7-4-6-10(16)12(18)15-2/h9-11H,3-8H2,1-2H3,(H,15,18)(H,19,20). The van der Waals surface area contributed by atoms with Crippen LogP contribution in [-0.4, -0.2) is 65.0 Å². The van der Waals surface area contributed by atoms with E-state index in [1.165, 1.54) is 9.80 Å². The first-order chi connectivity index (χ1) is 9.97. The summed E-state index contributed by atoms with van der Waals surface area (Å²) in [7, 11) is 1.55. The van der Waals surface area contributed by atoms with Crippen molar-refractivity contribution in [2.75, 3.05) is 20.1 Å². The van der Waals surface area contributed by atoms with Gasteiger partial charge in [-0.15, -0.1) is 0 Å². The van der Waals surface area contributed by atoms with E-state index in [-0.39, 0.29) is 17.9 Å². The number of carbonyl (C=O) groups is 3. The Morgan fingerprint density at radius 1 is 1.10 bits per heavy atom. The summed E-state index contributed by atoms with van der Waals surface area (Å²) in [6.07, 6.45) is 3.01. The molecule has 0 aromatic heterocycles. The molecule has 0 aromatic carbocycles. The van der Waals surface area contributed by atoms with Gasteiger partial charge in [-0.3, -0.25) is 4.79 Å². The summed E-state index contributed by atoms with van der Waals surface area (Å²) in [4.78, 5) is 39.0. The molecule has 0 aromatic rings. The molecular formula is C14H23N3O4. The van der Waals surface area contributed by atoms with E-state index in [1.54, 1.807) is 7.05 Å². The molecule has 3 unspecified atom stereocenters. The Labute approximate surface area is 124 Å². The van der Waals surface area contributed by atoms with Crippen LogP contribution >= 0.6 is 0 Å². The van der Waals surface area contributed by atoms with Gasteiger partial charge in [-0.25, -0.2) is 9.59 Å². The molecule has 7 nitrogen and oxygen atoms in total. The van der Waals surface area contributed by atoms with Crippen molar-refractivity contribution >= 4 is 17.9 Å². The third-order valence-corrected chi connectivity index (χ3v) is 4.48. The maximum absolute atomic E-state index is 12.7. The highest BCUT2D eigenvalue weighted by Crippen LogP contribution is 2.27. The maximum atomic E-state index is 12.7. The molecule has 21 heavy (non-hydrogen) atoms. The van der Waals surface area contributed by atoms with E-state index in [9.17, 15) is 19.5 Å². The Morgan fingerprint density at radius 3 is 2.33 bits per heavy atom. The largest absolute Gasteiger partial charge is 0.480 e. The smallest absolute Gasteiger partial charge is 0.326 e. The number of aliphatic carboxylic acids is 1. The quantitative estimate of drug-likeness (QED) is 0.776. The summed E-state index contributed by atoms with van der Waals surface area (Å²) in [6, 6.07) is -1.59. The Balaban J connectivity index is 2.17. The maximum Gasteiger partial charge on any atom is 0.326 e. The minimum atomic E-state index is -0.966. The fourth-order valence-electron chi connectivity index (χ4n) is 3.38. The number of rotatable bonds is 2. The molecule has 7 heteroatoms. The molecule has 2 aliphatic rings. The Bertz CT molecular complexity index is 440. The van der Waals surface area contributed by atoms with Gasteiger partial charge >= 0.3 is 12.0 Å². The summed E-state index contributed by atoms with van der Waals surface area (Å²) in [5.74, 6) is -1.22. The van der Waals surface area contributed by atoms with E-state index >= 15 is 0 Å². The number of nitrogens with zero attached hydrogens (tertiary/aromatic N) is 2. The predicted molar refractivity (Wildman–Crippen MR) is 75.7 cm³/mol. The molecule has 118 valence electrons. The van der Waals surface area contributed by atoms with Crippen LogP contribution in [0.1, 0.15) is 32.6 Å². The SMILES string of the molecule is CNC(=O)C1CCCN1C(=O)N1CCCC(C)C1C(=O)O. The number of hydrogen-bond acceptors (Lipinski definition) is 3. The summed E-state index contributed by atoms with van der Waals surface area (Å²) < 4.78 is 0. The number of carboxylic acids is 1. The molecule has 0 saturated carbocycles. The topological polar surface area (TPSA) is 90.0 Å². The van der Waals surface area contributed by atoms with Crippen molar-refractivity contribution in [1.82, 2.24) is 15.1 Å². The third-order valence-electron chi connectivity index (χ3n) is 4.48. The molecule has 2 N–H and O–H groups in total. The van der Waals surface area contributed by atoms with E-state index in [2.05, 4.69) is 5.32 Å². The molecule has 0 aliphatic carbocycles. The Morgan fingerprint density at radius 2 is 1.71 bits per heavy atom. The molecule has 0 bridgehead atoms. The van der Waals surface area contributed by atoms with Gasteiger partial charge in [0.15, 0.2) is 0 Å². The van der Waals surface area contributed by atoms with Crippen molar-refractivity contribution in [3.63, 3.8) is 0 Å². The lowest BCUT2D eigenvalue weighted by Crippen LogP contribution is -2.58. The zero-order valence-corrected chi connectivity index (χ0v) is 12.5. The number of carboxylic acid groups (broad SMARTS) is 1. The molecule has 0 radical (unpaired) electrons. The van der Waals surface area contributed by atoms with Crippen molar-refractivity contribution in [1.29, 1.82) is 0 Å². The van der Waals surface area contributed by atoms with Gasteiger partial charge in [-0.05, 0) is 31.6 Å². The highest BCUT2D eigenvalue weighted by molar-refractivity contribution is 5.89. The lowest BCUT2D eigenvalue weighted by atomic mass is 9.91. The normalized spacial score (nSPS) is 29.3. The lowest BCUT2D eigenvalue weighted by Gasteiger charge is -2.40. The highest BCUT2D eigenvalue weighted by Gasteiger charge is 2.42. The van der Waals surface area contributed by atoms with Crippen LogP contribution in [0.5, 0.6) is 0 Å². The molecule has 2 fully saturated rings. The van der Waals surface area contributed by atoms with Gasteiger partial charge in [0, 0.05) is 20.1 Å². The van der Waals surface area contributed by atoms with E-state index in [0.29, 0.717) is 19.5 Å². The second-order valence-corrected chi connectivity index (χ2v) is 5.84. The monoisotopic (exact) mass is 297 g/mol. The predicted octanol–water partition coefficient (Wildman–Crippen LogP) is 0.502. The van der Waals surface area contributed by atoms with E-state index < -0.39 is 18.1 Å². The minimum Gasteiger partial charge on any atom is -0.480 e. The molecule has 0 spiro atoms. The highest BCUT2D eigenvalue weighted by atomic mass is 16.4. The zero-order chi connectivity index (χ0) is 15.6. The van der Waals surface area contributed by atoms with E-state index in [1.807, 2.05) is 6.92 Å². The van der Waals surface area contributed by atoms with Crippen molar-refractivity contribution in [2.45, 2.75) is 44.7 Å². The molecule has 2 saturated heterocycles. The van der Waals surface area contributed by atoms with Gasteiger partial charge in [-0.2, -0.15) is 0 Å². The second-order valence-electron chi connectivity index (χ2n) is 5.84. The Kier molecular flexibility index (Phi) is 4.69. The van der Waals surface area contributed by atoms with Gasteiger partial charge in [0.2, 0.25) is 5.91 Å². The molecule has 3 atom stereocenters. The van der Waals surface area contributed by atoms with E-state index in [0.717, 1.165) is 19.3 Å². The lowest BCUT2D eigenvalue weighted by molar-refractivity contribution is -0.145. The summed E-state index contributed by atoms with van der Waals surface area (Å²) >= 11 is 0. The fourth-order valence-corrected chi connectivity index (χ4v) is 3.38. The number of hydrogen-bond donors (Lipinski definition) is 2. The van der Waals surface area contributed by atoms with Gasteiger partial charge in [-0.1, -0.05) is 6.92 Å². The van der Waals surface area contributed by atoms with Crippen LogP contribution in [0, 0.1) is 5.92 Å². The van der Waals surface area contributed by atoms with Crippen molar-refractivity contribution < 1.29 is 19.5 Å². The minimum absolute atomic E-state index is 0.0683. The first-order valence-electron chi connectivity index (χ1n) is 7.49. The molecule has 2 rings (SSSR count). The molecule has 2 aliphatic heterocycles. The van der Waals surface area contributed by atoms with E-state index in [4.69, 9.17) is 0 Å². The molecule has 3 amide bonds. The number of amides is 3. The van der Waals surface area contributed by atoms with Crippen LogP contribution in [-0.2, 0) is 9.59 Å². The second kappa shape index (κ2) is 6.32. The number of likely N-dealkylation sites (tertiary alicyclic amines) is 2. The van der Waals surface area contributed by atoms with Crippen molar-refractivity contribution in [2.24, 2.45) is 5.92 Å². The van der Waals surface area contributed by atoms with Crippen LogP contribution in [0.4, 0.5) is 4.79 Å². The van der Waals surface area contributed by atoms with Crippen LogP contribution in [0.15, 0.2) is 0 Å². The van der Waals surface area contributed by atoms with Crippen molar-refractivity contribution in [3.05, 3.63) is 0 Å². The first-order valence-corrected chi connectivity index (χ1v) is 7.49.